The van der Waals surface area contributed by atoms with Gasteiger partial charge in [0.2, 0.25) is 5.96 Å². The van der Waals surface area contributed by atoms with Gasteiger partial charge >= 0.3 is 0 Å². The Bertz CT molecular complexity index is 1080. The number of aliphatic hydroxyl groups is 1. The van der Waals surface area contributed by atoms with E-state index >= 15 is 0 Å². The molecule has 1 amide bonds. The van der Waals surface area contributed by atoms with Gasteiger partial charge in [-0.25, -0.2) is 4.98 Å². The van der Waals surface area contributed by atoms with Crippen LogP contribution in [0.3, 0.4) is 0 Å². The molecule has 0 fully saturated rings. The molecule has 0 saturated carbocycles. The molecule has 1 unspecified atom stereocenters. The highest BCUT2D eigenvalue weighted by atomic mass is 35.5. The van der Waals surface area contributed by atoms with Crippen molar-refractivity contribution in [2.45, 2.75) is 12.6 Å². The molecule has 1 atom stereocenters. The summed E-state index contributed by atoms with van der Waals surface area (Å²) in [6.45, 7) is 0.901. The number of amides is 1. The summed E-state index contributed by atoms with van der Waals surface area (Å²) in [6.07, 6.45) is 2.51. The fourth-order valence-electron chi connectivity index (χ4n) is 3.27. The zero-order valence-electron chi connectivity index (χ0n) is 15.9. The molecule has 1 aliphatic rings. The van der Waals surface area contributed by atoms with Gasteiger partial charge in [-0.2, -0.15) is 0 Å². The quantitative estimate of drug-likeness (QED) is 0.456. The van der Waals surface area contributed by atoms with Crippen LogP contribution < -0.4 is 5.32 Å². The van der Waals surface area contributed by atoms with Gasteiger partial charge in [-0.3, -0.25) is 14.7 Å². The molecule has 152 valence electrons. The molecule has 0 aliphatic carbocycles. The molecule has 8 heteroatoms. The number of thiazole rings is 1. The van der Waals surface area contributed by atoms with Gasteiger partial charge in [-0.05, 0) is 11.1 Å². The van der Waals surface area contributed by atoms with Gasteiger partial charge in [0.05, 0.1) is 29.3 Å². The number of aliphatic imine (C=N–C) groups is 1. The topological polar surface area (TPSA) is 77.8 Å². The third-order valence-electron chi connectivity index (χ3n) is 4.73. The summed E-state index contributed by atoms with van der Waals surface area (Å²) < 4.78 is 0.407. The van der Waals surface area contributed by atoms with Crippen molar-refractivity contribution in [2.24, 2.45) is 4.99 Å². The van der Waals surface area contributed by atoms with Gasteiger partial charge in [-0.1, -0.05) is 72.3 Å². The SMILES string of the molecule is O=C(C(=CO)c1ccccc1)N1C(NCc2ccccc2)=NCC1c1cnc(Cl)s1. The summed E-state index contributed by atoms with van der Waals surface area (Å²) in [5, 5.41) is 13.1. The van der Waals surface area contributed by atoms with Gasteiger partial charge in [-0.15, -0.1) is 11.3 Å². The second-order valence-corrected chi connectivity index (χ2v) is 8.26. The largest absolute Gasteiger partial charge is 0.515 e. The van der Waals surface area contributed by atoms with E-state index in [2.05, 4.69) is 15.3 Å². The van der Waals surface area contributed by atoms with Crippen LogP contribution in [0.15, 0.2) is 78.1 Å². The molecule has 1 aliphatic heterocycles. The summed E-state index contributed by atoms with van der Waals surface area (Å²) in [7, 11) is 0. The lowest BCUT2D eigenvalue weighted by molar-refractivity contribution is -0.122. The van der Waals surface area contributed by atoms with E-state index < -0.39 is 0 Å². The van der Waals surface area contributed by atoms with Crippen molar-refractivity contribution in [3.05, 3.63) is 93.6 Å². The van der Waals surface area contributed by atoms with Crippen molar-refractivity contribution in [3.8, 4) is 0 Å². The van der Waals surface area contributed by atoms with Crippen molar-refractivity contribution in [2.75, 3.05) is 6.54 Å². The van der Waals surface area contributed by atoms with Crippen LogP contribution in [0.1, 0.15) is 22.0 Å². The first-order chi connectivity index (χ1) is 14.7. The number of halogens is 1. The van der Waals surface area contributed by atoms with Crippen molar-refractivity contribution in [3.63, 3.8) is 0 Å². The molecule has 2 heterocycles. The molecule has 2 N–H and O–H groups in total. The maximum Gasteiger partial charge on any atom is 0.264 e. The molecule has 30 heavy (non-hydrogen) atoms. The third-order valence-corrected chi connectivity index (χ3v) is 5.95. The Kier molecular flexibility index (Phi) is 6.11. The first-order valence-corrected chi connectivity index (χ1v) is 10.5. The van der Waals surface area contributed by atoms with E-state index in [1.807, 2.05) is 48.5 Å². The van der Waals surface area contributed by atoms with Crippen molar-refractivity contribution >= 4 is 40.4 Å². The van der Waals surface area contributed by atoms with Crippen LogP contribution in [-0.4, -0.2) is 33.4 Å². The number of hydrogen-bond donors (Lipinski definition) is 2. The zero-order chi connectivity index (χ0) is 20.9. The lowest BCUT2D eigenvalue weighted by atomic mass is 10.1. The molecule has 0 spiro atoms. The van der Waals surface area contributed by atoms with Crippen LogP contribution in [0.25, 0.3) is 5.57 Å². The van der Waals surface area contributed by atoms with E-state index in [1.165, 1.54) is 11.3 Å². The Morgan fingerprint density at radius 2 is 1.90 bits per heavy atom. The minimum absolute atomic E-state index is 0.187. The van der Waals surface area contributed by atoms with Crippen LogP contribution in [0.4, 0.5) is 0 Å². The van der Waals surface area contributed by atoms with E-state index in [-0.39, 0.29) is 17.5 Å². The van der Waals surface area contributed by atoms with Crippen LogP contribution >= 0.6 is 22.9 Å². The zero-order valence-corrected chi connectivity index (χ0v) is 17.5. The smallest absolute Gasteiger partial charge is 0.264 e. The highest BCUT2D eigenvalue weighted by Crippen LogP contribution is 2.34. The van der Waals surface area contributed by atoms with E-state index in [4.69, 9.17) is 11.6 Å². The minimum atomic E-state index is -0.352. The first-order valence-electron chi connectivity index (χ1n) is 9.34. The van der Waals surface area contributed by atoms with E-state index in [1.54, 1.807) is 23.2 Å². The molecule has 0 radical (unpaired) electrons. The normalized spacial score (nSPS) is 16.4. The van der Waals surface area contributed by atoms with E-state index in [0.717, 1.165) is 16.7 Å². The van der Waals surface area contributed by atoms with E-state index in [0.29, 0.717) is 29.1 Å². The monoisotopic (exact) mass is 438 g/mol. The lowest BCUT2D eigenvalue weighted by Gasteiger charge is -2.26. The molecular weight excluding hydrogens is 420 g/mol. The average Bonchev–Trinajstić information content (AvgIpc) is 3.40. The van der Waals surface area contributed by atoms with Crippen molar-refractivity contribution in [1.29, 1.82) is 0 Å². The van der Waals surface area contributed by atoms with E-state index in [9.17, 15) is 9.90 Å². The Labute approximate surface area is 183 Å². The van der Waals surface area contributed by atoms with Crippen LogP contribution in [0.5, 0.6) is 0 Å². The molecular formula is C22H19ClN4O2S. The number of carbonyl (C=O) groups is 1. The molecule has 2 aromatic carbocycles. The number of carbonyl (C=O) groups excluding carboxylic acids is 1. The number of aromatic nitrogens is 1. The highest BCUT2D eigenvalue weighted by Gasteiger charge is 2.37. The summed E-state index contributed by atoms with van der Waals surface area (Å²) >= 11 is 7.34. The molecule has 0 bridgehead atoms. The standard InChI is InChI=1S/C22H19ClN4O2S/c23-21-24-13-19(30-21)18-12-26-22(25-11-15-7-3-1-4-8-15)27(18)20(29)17(14-28)16-9-5-2-6-10-16/h1-10,13-14,18,28H,11-12H2,(H,25,26). The Balaban J connectivity index is 1.63. The number of nitrogens with zero attached hydrogens (tertiary/aromatic N) is 3. The predicted molar refractivity (Wildman–Crippen MR) is 119 cm³/mol. The molecule has 1 aromatic heterocycles. The summed E-state index contributed by atoms with van der Waals surface area (Å²) in [5.41, 5.74) is 1.88. The van der Waals surface area contributed by atoms with Crippen LogP contribution in [-0.2, 0) is 11.3 Å². The van der Waals surface area contributed by atoms with Gasteiger partial charge in [0.1, 0.15) is 0 Å². The average molecular weight is 439 g/mol. The van der Waals surface area contributed by atoms with Gasteiger partial charge in [0.25, 0.3) is 5.91 Å². The first kappa shape index (κ1) is 20.1. The molecule has 4 rings (SSSR count). The summed E-state index contributed by atoms with van der Waals surface area (Å²) in [5.74, 6) is 0.101. The maximum atomic E-state index is 13.5. The van der Waals surface area contributed by atoms with Crippen LogP contribution in [0, 0.1) is 0 Å². The second kappa shape index (κ2) is 9.11. The Morgan fingerprint density at radius 3 is 2.53 bits per heavy atom. The predicted octanol–water partition coefficient (Wildman–Crippen LogP) is 4.42. The molecule has 6 nitrogen and oxygen atoms in total. The van der Waals surface area contributed by atoms with Gasteiger partial charge in [0.15, 0.2) is 4.47 Å². The molecule has 3 aromatic rings. The molecule has 0 saturated heterocycles. The number of guanidine groups is 1. The third kappa shape index (κ3) is 4.22. The highest BCUT2D eigenvalue weighted by molar-refractivity contribution is 7.15. The second-order valence-electron chi connectivity index (χ2n) is 6.62. The number of nitrogens with one attached hydrogen (secondary N) is 1. The summed E-state index contributed by atoms with van der Waals surface area (Å²) in [4.78, 5) is 24.6. The number of benzene rings is 2. The fraction of sp³-hybridized carbons (Fsp3) is 0.136. The van der Waals surface area contributed by atoms with Gasteiger partial charge in [0, 0.05) is 12.7 Å². The lowest BCUT2D eigenvalue weighted by Crippen LogP contribution is -2.43. The number of aliphatic hydroxyl groups excluding tert-OH is 1. The Morgan fingerprint density at radius 1 is 1.20 bits per heavy atom. The Hall–Kier alpha value is -3.16. The minimum Gasteiger partial charge on any atom is -0.515 e. The number of rotatable bonds is 5. The van der Waals surface area contributed by atoms with Crippen molar-refractivity contribution < 1.29 is 9.90 Å². The maximum absolute atomic E-state index is 13.5. The van der Waals surface area contributed by atoms with Crippen LogP contribution in [0.2, 0.25) is 4.47 Å². The number of hydrogen-bond acceptors (Lipinski definition) is 6. The fourth-order valence-corrected chi connectivity index (χ4v) is 4.31. The summed E-state index contributed by atoms with van der Waals surface area (Å²) in [6, 6.07) is 18.6. The van der Waals surface area contributed by atoms with Crippen molar-refractivity contribution in [1.82, 2.24) is 15.2 Å². The van der Waals surface area contributed by atoms with Gasteiger partial charge < -0.3 is 10.4 Å².